The maximum atomic E-state index is 6.04. The van der Waals surface area contributed by atoms with E-state index >= 15 is 0 Å². The van der Waals surface area contributed by atoms with Gasteiger partial charge in [0.25, 0.3) is 0 Å². The molecule has 1 aliphatic rings. The molecule has 1 saturated carbocycles. The molecule has 1 aromatic rings. The second-order valence-electron chi connectivity index (χ2n) is 5.09. The lowest BCUT2D eigenvalue weighted by Crippen LogP contribution is -2.09. The van der Waals surface area contributed by atoms with Crippen molar-refractivity contribution >= 4 is 5.69 Å². The number of hydrogen-bond acceptors (Lipinski definition) is 1. The van der Waals surface area contributed by atoms with Gasteiger partial charge in [-0.05, 0) is 36.0 Å². The number of anilines is 1. The maximum absolute atomic E-state index is 6.04. The summed E-state index contributed by atoms with van der Waals surface area (Å²) in [7, 11) is 0. The lowest BCUT2D eigenvalue weighted by atomic mass is 9.84. The smallest absolute Gasteiger partial charge is 0.0349 e. The molecule has 1 heteroatoms. The van der Waals surface area contributed by atoms with Gasteiger partial charge in [0.1, 0.15) is 0 Å². The molecule has 1 nitrogen and oxygen atoms in total. The molecule has 0 aromatic heterocycles. The summed E-state index contributed by atoms with van der Waals surface area (Å²) in [6.07, 6.45) is 9.38. The second-order valence-corrected chi connectivity index (χ2v) is 5.09. The van der Waals surface area contributed by atoms with Crippen molar-refractivity contribution in [3.05, 3.63) is 29.3 Å². The van der Waals surface area contributed by atoms with Gasteiger partial charge < -0.3 is 5.73 Å². The van der Waals surface area contributed by atoms with E-state index in [9.17, 15) is 0 Å². The van der Waals surface area contributed by atoms with Crippen LogP contribution in [0.1, 0.15) is 50.2 Å². The SMILES string of the molecule is CCc1ccc(CC2CCCCC2)cc1N. The van der Waals surface area contributed by atoms with Crippen molar-refractivity contribution in [2.24, 2.45) is 5.92 Å². The zero-order chi connectivity index (χ0) is 11.4. The third-order valence-corrected chi connectivity index (χ3v) is 3.84. The summed E-state index contributed by atoms with van der Waals surface area (Å²) >= 11 is 0. The van der Waals surface area contributed by atoms with Crippen LogP contribution in [0.3, 0.4) is 0 Å². The quantitative estimate of drug-likeness (QED) is 0.762. The second kappa shape index (κ2) is 5.38. The largest absolute Gasteiger partial charge is 0.398 e. The molecule has 2 rings (SSSR count). The first-order valence-electron chi connectivity index (χ1n) is 6.67. The molecule has 0 heterocycles. The lowest BCUT2D eigenvalue weighted by Gasteiger charge is -2.21. The third-order valence-electron chi connectivity index (χ3n) is 3.84. The van der Waals surface area contributed by atoms with Crippen LogP contribution in [-0.4, -0.2) is 0 Å². The predicted octanol–water partition coefficient (Wildman–Crippen LogP) is 3.95. The fourth-order valence-corrected chi connectivity index (χ4v) is 2.82. The summed E-state index contributed by atoms with van der Waals surface area (Å²) in [4.78, 5) is 0. The van der Waals surface area contributed by atoms with Crippen LogP contribution in [0.25, 0.3) is 0 Å². The molecule has 16 heavy (non-hydrogen) atoms. The number of aryl methyl sites for hydroxylation is 1. The summed E-state index contributed by atoms with van der Waals surface area (Å²) in [5, 5.41) is 0. The van der Waals surface area contributed by atoms with Gasteiger partial charge in [0.05, 0.1) is 0 Å². The zero-order valence-electron chi connectivity index (χ0n) is 10.3. The summed E-state index contributed by atoms with van der Waals surface area (Å²) < 4.78 is 0. The van der Waals surface area contributed by atoms with Gasteiger partial charge in [0, 0.05) is 5.69 Å². The van der Waals surface area contributed by atoms with Gasteiger partial charge in [-0.3, -0.25) is 0 Å². The van der Waals surface area contributed by atoms with E-state index in [1.54, 1.807) is 0 Å². The van der Waals surface area contributed by atoms with Gasteiger partial charge >= 0.3 is 0 Å². The Bertz CT molecular complexity index is 337. The lowest BCUT2D eigenvalue weighted by molar-refractivity contribution is 0.356. The summed E-state index contributed by atoms with van der Waals surface area (Å²) in [5.41, 5.74) is 9.74. The average molecular weight is 217 g/mol. The van der Waals surface area contributed by atoms with Gasteiger partial charge in [0.15, 0.2) is 0 Å². The van der Waals surface area contributed by atoms with Crippen molar-refractivity contribution in [2.75, 3.05) is 5.73 Å². The van der Waals surface area contributed by atoms with Crippen molar-refractivity contribution < 1.29 is 0 Å². The molecule has 88 valence electrons. The van der Waals surface area contributed by atoms with Crippen LogP contribution < -0.4 is 5.73 Å². The number of hydrogen-bond donors (Lipinski definition) is 1. The van der Waals surface area contributed by atoms with Crippen LogP contribution in [-0.2, 0) is 12.8 Å². The van der Waals surface area contributed by atoms with Crippen LogP contribution in [0, 0.1) is 5.92 Å². The highest BCUT2D eigenvalue weighted by atomic mass is 14.6. The first-order valence-corrected chi connectivity index (χ1v) is 6.67. The fourth-order valence-electron chi connectivity index (χ4n) is 2.82. The topological polar surface area (TPSA) is 26.0 Å². The van der Waals surface area contributed by atoms with Crippen LogP contribution in [0.15, 0.2) is 18.2 Å². The Morgan fingerprint density at radius 2 is 1.94 bits per heavy atom. The van der Waals surface area contributed by atoms with Gasteiger partial charge in [-0.15, -0.1) is 0 Å². The van der Waals surface area contributed by atoms with E-state index in [2.05, 4.69) is 25.1 Å². The molecule has 0 unspecified atom stereocenters. The molecule has 0 amide bonds. The average Bonchev–Trinajstić information content (AvgIpc) is 2.31. The predicted molar refractivity (Wildman–Crippen MR) is 70.5 cm³/mol. The van der Waals surface area contributed by atoms with Crippen LogP contribution in [0.5, 0.6) is 0 Å². The van der Waals surface area contributed by atoms with E-state index < -0.39 is 0 Å². The molecule has 1 aromatic carbocycles. The highest BCUT2D eigenvalue weighted by molar-refractivity contribution is 5.49. The van der Waals surface area contributed by atoms with Crippen LogP contribution in [0.2, 0.25) is 0 Å². The third kappa shape index (κ3) is 2.78. The molecule has 0 saturated heterocycles. The minimum atomic E-state index is 0.903. The van der Waals surface area contributed by atoms with Crippen LogP contribution >= 0.6 is 0 Å². The number of rotatable bonds is 3. The molecule has 0 bridgehead atoms. The highest BCUT2D eigenvalue weighted by Crippen LogP contribution is 2.27. The van der Waals surface area contributed by atoms with Crippen molar-refractivity contribution in [1.82, 2.24) is 0 Å². The van der Waals surface area contributed by atoms with Crippen molar-refractivity contribution in [2.45, 2.75) is 51.9 Å². The molecule has 1 fully saturated rings. The van der Waals surface area contributed by atoms with E-state index in [1.165, 1.54) is 49.7 Å². The molecule has 2 N–H and O–H groups in total. The Morgan fingerprint density at radius 1 is 1.19 bits per heavy atom. The van der Waals surface area contributed by atoms with E-state index in [-0.39, 0.29) is 0 Å². The molecule has 0 atom stereocenters. The molecule has 1 aliphatic carbocycles. The van der Waals surface area contributed by atoms with Crippen molar-refractivity contribution in [1.29, 1.82) is 0 Å². The van der Waals surface area contributed by atoms with E-state index in [4.69, 9.17) is 5.73 Å². The summed E-state index contributed by atoms with van der Waals surface area (Å²) in [6.45, 7) is 2.16. The maximum Gasteiger partial charge on any atom is 0.0349 e. The monoisotopic (exact) mass is 217 g/mol. The Labute approximate surface area is 99.0 Å². The van der Waals surface area contributed by atoms with Gasteiger partial charge in [-0.25, -0.2) is 0 Å². The van der Waals surface area contributed by atoms with Crippen molar-refractivity contribution in [3.8, 4) is 0 Å². The minimum absolute atomic E-state index is 0.903. The van der Waals surface area contributed by atoms with Crippen LogP contribution in [0.4, 0.5) is 5.69 Å². The number of nitrogen functional groups attached to an aromatic ring is 1. The fraction of sp³-hybridized carbons (Fsp3) is 0.600. The first kappa shape index (κ1) is 11.5. The zero-order valence-corrected chi connectivity index (χ0v) is 10.3. The Balaban J connectivity index is 2.01. The summed E-state index contributed by atoms with van der Waals surface area (Å²) in [5.74, 6) is 0.903. The van der Waals surface area contributed by atoms with E-state index in [0.29, 0.717) is 0 Å². The Kier molecular flexibility index (Phi) is 3.87. The van der Waals surface area contributed by atoms with E-state index in [0.717, 1.165) is 18.0 Å². The molecule has 0 spiro atoms. The van der Waals surface area contributed by atoms with Gasteiger partial charge in [-0.1, -0.05) is 51.2 Å². The standard InChI is InChI=1S/C15H23N/c1-2-14-9-8-13(11-15(14)16)10-12-6-4-3-5-7-12/h8-9,11-12H,2-7,10,16H2,1H3. The minimum Gasteiger partial charge on any atom is -0.398 e. The molecule has 0 radical (unpaired) electrons. The first-order chi connectivity index (χ1) is 7.79. The highest BCUT2D eigenvalue weighted by Gasteiger charge is 2.14. The van der Waals surface area contributed by atoms with E-state index in [1.807, 2.05) is 0 Å². The Hall–Kier alpha value is -0.980. The normalized spacial score (nSPS) is 17.6. The Morgan fingerprint density at radius 3 is 2.56 bits per heavy atom. The molecule has 0 aliphatic heterocycles. The molecular weight excluding hydrogens is 194 g/mol. The number of nitrogens with two attached hydrogens (primary N) is 1. The summed E-state index contributed by atoms with van der Waals surface area (Å²) in [6, 6.07) is 6.66. The number of benzene rings is 1. The van der Waals surface area contributed by atoms with Gasteiger partial charge in [-0.2, -0.15) is 0 Å². The van der Waals surface area contributed by atoms with Crippen molar-refractivity contribution in [3.63, 3.8) is 0 Å². The molecular formula is C15H23N. The van der Waals surface area contributed by atoms with Gasteiger partial charge in [0.2, 0.25) is 0 Å².